The third-order valence-corrected chi connectivity index (χ3v) is 4.33. The van der Waals surface area contributed by atoms with Crippen molar-refractivity contribution in [2.24, 2.45) is 4.99 Å². The molecule has 8 heteroatoms. The van der Waals surface area contributed by atoms with Crippen molar-refractivity contribution < 1.29 is 9.90 Å². The molecule has 7 nitrogen and oxygen atoms in total. The zero-order valence-electron chi connectivity index (χ0n) is 18.5. The summed E-state index contributed by atoms with van der Waals surface area (Å²) in [6.07, 6.45) is 0.0750. The summed E-state index contributed by atoms with van der Waals surface area (Å²) in [6, 6.07) is 17.3. The SMILES string of the molecule is CCNC(=NCc1cccc(NC(=O)CN(C)C)c1)NCCC(O)c1ccccc1.I. The fourth-order valence-corrected chi connectivity index (χ4v) is 2.92. The van der Waals surface area contributed by atoms with Crippen LogP contribution in [-0.2, 0) is 11.3 Å². The molecular weight excluding hydrogens is 505 g/mol. The first kappa shape index (κ1) is 26.9. The number of hydrogen-bond donors (Lipinski definition) is 4. The molecule has 0 aliphatic carbocycles. The lowest BCUT2D eigenvalue weighted by molar-refractivity contribution is -0.116. The molecular formula is C23H34IN5O2. The quantitative estimate of drug-likeness (QED) is 0.212. The molecule has 31 heavy (non-hydrogen) atoms. The summed E-state index contributed by atoms with van der Waals surface area (Å²) in [6.45, 7) is 4.17. The van der Waals surface area contributed by atoms with E-state index in [2.05, 4.69) is 20.9 Å². The average molecular weight is 539 g/mol. The van der Waals surface area contributed by atoms with Crippen LogP contribution in [0.5, 0.6) is 0 Å². The molecule has 2 aromatic rings. The second-order valence-corrected chi connectivity index (χ2v) is 7.32. The molecule has 0 saturated carbocycles. The first-order valence-electron chi connectivity index (χ1n) is 10.3. The van der Waals surface area contributed by atoms with Crippen LogP contribution in [0.4, 0.5) is 5.69 Å². The lowest BCUT2D eigenvalue weighted by Crippen LogP contribution is -2.38. The van der Waals surface area contributed by atoms with Crippen molar-refractivity contribution in [2.75, 3.05) is 39.0 Å². The third-order valence-electron chi connectivity index (χ3n) is 4.33. The Morgan fingerprint density at radius 3 is 2.52 bits per heavy atom. The molecule has 0 heterocycles. The molecule has 0 aliphatic rings. The number of benzene rings is 2. The van der Waals surface area contributed by atoms with Gasteiger partial charge in [-0.15, -0.1) is 24.0 Å². The summed E-state index contributed by atoms with van der Waals surface area (Å²) < 4.78 is 0. The van der Waals surface area contributed by atoms with E-state index in [9.17, 15) is 9.90 Å². The molecule has 0 aliphatic heterocycles. The number of nitrogens with one attached hydrogen (secondary N) is 3. The first-order valence-corrected chi connectivity index (χ1v) is 10.3. The number of anilines is 1. The van der Waals surface area contributed by atoms with E-state index in [-0.39, 0.29) is 29.9 Å². The topological polar surface area (TPSA) is 89.0 Å². The van der Waals surface area contributed by atoms with Crippen LogP contribution in [0, 0.1) is 0 Å². The summed E-state index contributed by atoms with van der Waals surface area (Å²) in [5.41, 5.74) is 2.67. The van der Waals surface area contributed by atoms with Crippen molar-refractivity contribution in [3.8, 4) is 0 Å². The van der Waals surface area contributed by atoms with E-state index in [1.807, 2.05) is 80.5 Å². The van der Waals surface area contributed by atoms with E-state index in [0.717, 1.165) is 23.4 Å². The predicted octanol–water partition coefficient (Wildman–Crippen LogP) is 2.98. The highest BCUT2D eigenvalue weighted by atomic mass is 127. The van der Waals surface area contributed by atoms with Gasteiger partial charge in [0.2, 0.25) is 5.91 Å². The van der Waals surface area contributed by atoms with E-state index in [1.54, 1.807) is 0 Å². The Bertz CT molecular complexity index is 815. The summed E-state index contributed by atoms with van der Waals surface area (Å²) in [4.78, 5) is 18.4. The third kappa shape index (κ3) is 10.6. The van der Waals surface area contributed by atoms with Gasteiger partial charge in [0.05, 0.1) is 19.2 Å². The Labute approximate surface area is 202 Å². The van der Waals surface area contributed by atoms with E-state index in [1.165, 1.54) is 0 Å². The highest BCUT2D eigenvalue weighted by Gasteiger charge is 2.07. The molecule has 0 radical (unpaired) electrons. The number of nitrogens with zero attached hydrogens (tertiary/aromatic N) is 2. The number of aliphatic hydroxyl groups is 1. The van der Waals surface area contributed by atoms with Gasteiger partial charge >= 0.3 is 0 Å². The van der Waals surface area contributed by atoms with Crippen molar-refractivity contribution in [1.82, 2.24) is 15.5 Å². The Balaban J connectivity index is 0.00000480. The van der Waals surface area contributed by atoms with E-state index in [0.29, 0.717) is 32.0 Å². The van der Waals surface area contributed by atoms with Crippen LogP contribution in [0.1, 0.15) is 30.6 Å². The summed E-state index contributed by atoms with van der Waals surface area (Å²) in [5, 5.41) is 19.7. The Kier molecular flexibility index (Phi) is 12.8. The van der Waals surface area contributed by atoms with E-state index in [4.69, 9.17) is 0 Å². The zero-order chi connectivity index (χ0) is 21.8. The number of carbonyl (C=O) groups is 1. The number of rotatable bonds is 10. The van der Waals surface area contributed by atoms with Gasteiger partial charge in [0.1, 0.15) is 0 Å². The molecule has 0 saturated heterocycles. The molecule has 2 rings (SSSR count). The largest absolute Gasteiger partial charge is 0.388 e. The molecule has 1 atom stereocenters. The molecule has 0 spiro atoms. The monoisotopic (exact) mass is 539 g/mol. The van der Waals surface area contributed by atoms with E-state index < -0.39 is 6.10 Å². The number of hydrogen-bond acceptors (Lipinski definition) is 4. The van der Waals surface area contributed by atoms with Crippen LogP contribution in [0.2, 0.25) is 0 Å². The lowest BCUT2D eigenvalue weighted by Gasteiger charge is -2.14. The number of guanidine groups is 1. The number of aliphatic imine (C=N–C) groups is 1. The maximum absolute atomic E-state index is 11.9. The van der Waals surface area contributed by atoms with Gasteiger partial charge in [0.15, 0.2) is 5.96 Å². The standard InChI is InChI=1S/C23H33N5O2.HI/c1-4-24-23(25-14-13-21(29)19-10-6-5-7-11-19)26-16-18-9-8-12-20(15-18)27-22(30)17-28(2)3;/h5-12,15,21,29H,4,13-14,16-17H2,1-3H3,(H,27,30)(H2,24,25,26);1H. The number of likely N-dealkylation sites (N-methyl/N-ethyl adjacent to an activating group) is 1. The highest BCUT2D eigenvalue weighted by molar-refractivity contribution is 14.0. The van der Waals surface area contributed by atoms with Gasteiger partial charge in [-0.2, -0.15) is 0 Å². The fourth-order valence-electron chi connectivity index (χ4n) is 2.92. The van der Waals surface area contributed by atoms with Crippen molar-refractivity contribution in [3.05, 3.63) is 65.7 Å². The molecule has 1 amide bonds. The summed E-state index contributed by atoms with van der Waals surface area (Å²) >= 11 is 0. The predicted molar refractivity (Wildman–Crippen MR) is 138 cm³/mol. The molecule has 0 fully saturated rings. The number of amides is 1. The van der Waals surface area contributed by atoms with Gasteiger partial charge in [0, 0.05) is 18.8 Å². The molecule has 1 unspecified atom stereocenters. The molecule has 0 bridgehead atoms. The van der Waals surface area contributed by atoms with Gasteiger partial charge in [-0.3, -0.25) is 4.79 Å². The lowest BCUT2D eigenvalue weighted by atomic mass is 10.1. The van der Waals surface area contributed by atoms with Gasteiger partial charge in [-0.25, -0.2) is 4.99 Å². The van der Waals surface area contributed by atoms with E-state index >= 15 is 0 Å². The maximum Gasteiger partial charge on any atom is 0.238 e. The summed E-state index contributed by atoms with van der Waals surface area (Å²) in [5.74, 6) is 0.646. The molecule has 170 valence electrons. The number of aliphatic hydroxyl groups excluding tert-OH is 1. The van der Waals surface area contributed by atoms with Gasteiger partial charge < -0.3 is 26.0 Å². The first-order chi connectivity index (χ1) is 14.5. The second kappa shape index (κ2) is 14.8. The van der Waals surface area contributed by atoms with Crippen molar-refractivity contribution in [3.63, 3.8) is 0 Å². The second-order valence-electron chi connectivity index (χ2n) is 7.32. The summed E-state index contributed by atoms with van der Waals surface area (Å²) in [7, 11) is 3.72. The van der Waals surface area contributed by atoms with Crippen molar-refractivity contribution in [2.45, 2.75) is 26.0 Å². The normalized spacial score (nSPS) is 12.1. The van der Waals surface area contributed by atoms with Crippen LogP contribution >= 0.6 is 24.0 Å². The van der Waals surface area contributed by atoms with Crippen LogP contribution in [0.15, 0.2) is 59.6 Å². The fraction of sp³-hybridized carbons (Fsp3) is 0.391. The molecule has 4 N–H and O–H groups in total. The van der Waals surface area contributed by atoms with Gasteiger partial charge in [-0.1, -0.05) is 42.5 Å². The molecule has 0 aromatic heterocycles. The Morgan fingerprint density at radius 2 is 1.84 bits per heavy atom. The number of halogens is 1. The van der Waals surface area contributed by atoms with Crippen LogP contribution in [0.3, 0.4) is 0 Å². The van der Waals surface area contributed by atoms with Crippen molar-refractivity contribution >= 4 is 41.5 Å². The highest BCUT2D eigenvalue weighted by Crippen LogP contribution is 2.15. The maximum atomic E-state index is 11.9. The zero-order valence-corrected chi connectivity index (χ0v) is 20.8. The van der Waals surface area contributed by atoms with Crippen LogP contribution in [0.25, 0.3) is 0 Å². The Hall–Kier alpha value is -2.17. The smallest absolute Gasteiger partial charge is 0.238 e. The molecule has 2 aromatic carbocycles. The number of carbonyl (C=O) groups excluding carboxylic acids is 1. The Morgan fingerprint density at radius 1 is 1.10 bits per heavy atom. The van der Waals surface area contributed by atoms with Gasteiger partial charge in [-0.05, 0) is 50.7 Å². The van der Waals surface area contributed by atoms with Gasteiger partial charge in [0.25, 0.3) is 0 Å². The van der Waals surface area contributed by atoms with Crippen LogP contribution in [-0.4, -0.2) is 55.6 Å². The minimum Gasteiger partial charge on any atom is -0.388 e. The minimum atomic E-state index is -0.510. The van der Waals surface area contributed by atoms with Crippen molar-refractivity contribution in [1.29, 1.82) is 0 Å². The average Bonchev–Trinajstić information content (AvgIpc) is 2.72. The minimum absolute atomic E-state index is 0. The van der Waals surface area contributed by atoms with Crippen LogP contribution < -0.4 is 16.0 Å².